The maximum Gasteiger partial charge on any atom is 0.120 e. The van der Waals surface area contributed by atoms with Crippen LogP contribution in [-0.4, -0.2) is 64.0 Å². The second-order valence-electron chi connectivity index (χ2n) is 8.37. The number of rotatable bonds is 10. The van der Waals surface area contributed by atoms with Crippen LogP contribution in [0.1, 0.15) is 16.7 Å². The Bertz CT molecular complexity index is 914. The van der Waals surface area contributed by atoms with Crippen molar-refractivity contribution >= 4 is 39.7 Å². The van der Waals surface area contributed by atoms with Gasteiger partial charge in [-0.1, -0.05) is 51.8 Å². The summed E-state index contributed by atoms with van der Waals surface area (Å²) in [5.74, 6) is 1.65. The zero-order valence-electron chi connectivity index (χ0n) is 18.3. The van der Waals surface area contributed by atoms with E-state index in [0.717, 1.165) is 91.3 Å². The maximum absolute atomic E-state index is 6.16. The molecule has 2 saturated heterocycles. The molecule has 0 aliphatic carbocycles. The third-order valence-corrected chi connectivity index (χ3v) is 6.74. The molecule has 0 amide bonds. The highest BCUT2D eigenvalue weighted by Gasteiger charge is 2.15. The second-order valence-corrected chi connectivity index (χ2v) is 9.66. The molecule has 2 aliphatic rings. The number of nitrogens with zero attached hydrogens (tertiary/aromatic N) is 1. The Morgan fingerprint density at radius 3 is 2.75 bits per heavy atom. The Kier molecular flexibility index (Phi) is 9.02. The molecule has 0 unspecified atom stereocenters. The van der Waals surface area contributed by atoms with Gasteiger partial charge in [0.05, 0.1) is 13.2 Å². The summed E-state index contributed by atoms with van der Waals surface area (Å²) in [7, 11) is 0. The second kappa shape index (κ2) is 12.2. The van der Waals surface area contributed by atoms with Gasteiger partial charge in [-0.2, -0.15) is 0 Å². The highest BCUT2D eigenvalue weighted by atomic mass is 79.9. The average molecular weight is 521 g/mol. The van der Waals surface area contributed by atoms with Crippen molar-refractivity contribution in [2.75, 3.05) is 59.1 Å². The Balaban J connectivity index is 1.42. The van der Waals surface area contributed by atoms with E-state index in [4.69, 9.17) is 21.1 Å². The Hall–Kier alpha value is -1.41. The van der Waals surface area contributed by atoms with Crippen LogP contribution < -0.4 is 15.4 Å². The largest absolute Gasteiger partial charge is 0.492 e. The van der Waals surface area contributed by atoms with E-state index in [1.807, 2.05) is 18.2 Å². The number of hydrogen-bond acceptors (Lipinski definition) is 5. The molecule has 5 nitrogen and oxygen atoms in total. The fourth-order valence-electron chi connectivity index (χ4n) is 3.82. The van der Waals surface area contributed by atoms with Crippen LogP contribution in [0.2, 0.25) is 5.02 Å². The van der Waals surface area contributed by atoms with Crippen LogP contribution in [0.15, 0.2) is 40.9 Å². The van der Waals surface area contributed by atoms with E-state index in [2.05, 4.69) is 61.8 Å². The van der Waals surface area contributed by atoms with Gasteiger partial charge in [-0.25, -0.2) is 0 Å². The molecular formula is C25H31BrClN3O2. The van der Waals surface area contributed by atoms with Crippen LogP contribution in [0.3, 0.4) is 0 Å². The molecule has 0 aromatic heterocycles. The van der Waals surface area contributed by atoms with Gasteiger partial charge in [-0.15, -0.1) is 0 Å². The summed E-state index contributed by atoms with van der Waals surface area (Å²) in [6.07, 6.45) is 4.23. The lowest BCUT2D eigenvalue weighted by molar-refractivity contribution is 0.0322. The Morgan fingerprint density at radius 2 is 2.00 bits per heavy atom. The molecule has 2 fully saturated rings. The Labute approximate surface area is 204 Å². The zero-order valence-corrected chi connectivity index (χ0v) is 20.6. The normalized spacial score (nSPS) is 17.6. The van der Waals surface area contributed by atoms with Gasteiger partial charge >= 0.3 is 0 Å². The first-order valence-electron chi connectivity index (χ1n) is 11.3. The van der Waals surface area contributed by atoms with E-state index in [1.165, 1.54) is 5.56 Å². The standard InChI is InChI=1S/C25H31BrClN3O2/c26-25-14-23(27)4-3-22(25)2-1-19-11-20(15-28-16-21-17-29-18-21)13-24(12-19)32-10-7-30-5-8-31-9-6-30/h1-4,11-14,21,28-29H,5-10,15-18H2/b2-1+. The van der Waals surface area contributed by atoms with Crippen LogP contribution in [0.25, 0.3) is 12.2 Å². The number of nitrogens with one attached hydrogen (secondary N) is 2. The maximum atomic E-state index is 6.16. The first kappa shape index (κ1) is 23.7. The van der Waals surface area contributed by atoms with Gasteiger partial charge in [-0.05, 0) is 46.9 Å². The average Bonchev–Trinajstić information content (AvgIpc) is 2.76. The number of ether oxygens (including phenoxy) is 2. The van der Waals surface area contributed by atoms with E-state index >= 15 is 0 Å². The fraction of sp³-hybridized carbons (Fsp3) is 0.440. The van der Waals surface area contributed by atoms with Crippen LogP contribution in [0.5, 0.6) is 5.75 Å². The Morgan fingerprint density at radius 1 is 1.16 bits per heavy atom. The lowest BCUT2D eigenvalue weighted by Crippen LogP contribution is -2.47. The first-order chi connectivity index (χ1) is 15.7. The van der Waals surface area contributed by atoms with Crippen LogP contribution in [0, 0.1) is 5.92 Å². The highest BCUT2D eigenvalue weighted by molar-refractivity contribution is 9.10. The van der Waals surface area contributed by atoms with Crippen LogP contribution >= 0.6 is 27.5 Å². The molecule has 0 radical (unpaired) electrons. The molecule has 2 heterocycles. The van der Waals surface area contributed by atoms with Crippen molar-refractivity contribution in [3.63, 3.8) is 0 Å². The monoisotopic (exact) mass is 519 g/mol. The van der Waals surface area contributed by atoms with Crippen molar-refractivity contribution < 1.29 is 9.47 Å². The molecule has 2 N–H and O–H groups in total. The summed E-state index contributed by atoms with van der Waals surface area (Å²) in [6.45, 7) is 9.28. The van der Waals surface area contributed by atoms with Crippen molar-refractivity contribution in [1.82, 2.24) is 15.5 Å². The first-order valence-corrected chi connectivity index (χ1v) is 12.4. The van der Waals surface area contributed by atoms with Crippen molar-refractivity contribution in [1.29, 1.82) is 0 Å². The summed E-state index contributed by atoms with van der Waals surface area (Å²) in [5, 5.41) is 7.64. The lowest BCUT2D eigenvalue weighted by atomic mass is 10.0. The molecule has 2 aromatic carbocycles. The molecule has 32 heavy (non-hydrogen) atoms. The van der Waals surface area contributed by atoms with Gasteiger partial charge in [0, 0.05) is 55.3 Å². The fourth-order valence-corrected chi connectivity index (χ4v) is 4.64. The summed E-state index contributed by atoms with van der Waals surface area (Å²) < 4.78 is 12.6. The van der Waals surface area contributed by atoms with Gasteiger partial charge in [-0.3, -0.25) is 4.90 Å². The SMILES string of the molecule is Clc1ccc(/C=C/c2cc(CNCC3CNC3)cc(OCCN3CCOCC3)c2)c(Br)c1. The molecule has 4 rings (SSSR count). The summed E-state index contributed by atoms with van der Waals surface area (Å²) in [6, 6.07) is 12.3. The molecular weight excluding hydrogens is 490 g/mol. The number of morpholine rings is 1. The van der Waals surface area contributed by atoms with Crippen molar-refractivity contribution in [2.24, 2.45) is 5.92 Å². The number of hydrogen-bond donors (Lipinski definition) is 2. The van der Waals surface area contributed by atoms with E-state index in [-0.39, 0.29) is 0 Å². The van der Waals surface area contributed by atoms with Gasteiger partial charge < -0.3 is 20.1 Å². The van der Waals surface area contributed by atoms with Crippen molar-refractivity contribution in [2.45, 2.75) is 6.54 Å². The van der Waals surface area contributed by atoms with Gasteiger partial charge in [0.1, 0.15) is 12.4 Å². The minimum Gasteiger partial charge on any atom is -0.492 e. The smallest absolute Gasteiger partial charge is 0.120 e. The van der Waals surface area contributed by atoms with Gasteiger partial charge in [0.2, 0.25) is 0 Å². The third kappa shape index (κ3) is 7.30. The molecule has 7 heteroatoms. The van der Waals surface area contributed by atoms with Crippen LogP contribution in [-0.2, 0) is 11.3 Å². The van der Waals surface area contributed by atoms with Gasteiger partial charge in [0.25, 0.3) is 0 Å². The molecule has 0 atom stereocenters. The minimum absolute atomic E-state index is 0.677. The molecule has 172 valence electrons. The van der Waals surface area contributed by atoms with Crippen LogP contribution in [0.4, 0.5) is 0 Å². The minimum atomic E-state index is 0.677. The molecule has 2 aromatic rings. The highest BCUT2D eigenvalue weighted by Crippen LogP contribution is 2.25. The summed E-state index contributed by atoms with van der Waals surface area (Å²) >= 11 is 9.67. The van der Waals surface area contributed by atoms with Crippen molar-refractivity contribution in [3.8, 4) is 5.75 Å². The van der Waals surface area contributed by atoms with E-state index < -0.39 is 0 Å². The van der Waals surface area contributed by atoms with Gasteiger partial charge in [0.15, 0.2) is 0 Å². The van der Waals surface area contributed by atoms with E-state index in [0.29, 0.717) is 6.61 Å². The summed E-state index contributed by atoms with van der Waals surface area (Å²) in [4.78, 5) is 2.39. The number of halogens is 2. The third-order valence-electron chi connectivity index (χ3n) is 5.81. The van der Waals surface area contributed by atoms with E-state index in [1.54, 1.807) is 0 Å². The van der Waals surface area contributed by atoms with E-state index in [9.17, 15) is 0 Å². The predicted molar refractivity (Wildman–Crippen MR) is 135 cm³/mol. The van der Waals surface area contributed by atoms with Crippen molar-refractivity contribution in [3.05, 3.63) is 62.6 Å². The summed E-state index contributed by atoms with van der Waals surface area (Å²) in [5.41, 5.74) is 3.44. The zero-order chi connectivity index (χ0) is 22.2. The predicted octanol–water partition coefficient (Wildman–Crippen LogP) is 4.29. The quantitative estimate of drug-likeness (QED) is 0.458. The molecule has 0 saturated carbocycles. The topological polar surface area (TPSA) is 45.8 Å². The number of benzene rings is 2. The lowest BCUT2D eigenvalue weighted by Gasteiger charge is -2.27. The molecule has 0 spiro atoms. The molecule has 0 bridgehead atoms. The molecule has 2 aliphatic heterocycles.